The molecule has 0 aliphatic carbocycles. The van der Waals surface area contributed by atoms with Gasteiger partial charge in [-0.3, -0.25) is 9.59 Å². The highest BCUT2D eigenvalue weighted by molar-refractivity contribution is 7.83. The van der Waals surface area contributed by atoms with Gasteiger partial charge in [0.25, 0.3) is 0 Å². The van der Waals surface area contributed by atoms with Crippen LogP contribution >= 0.6 is 12.6 Å². The third-order valence-electron chi connectivity index (χ3n) is 4.50. The molecule has 1 aliphatic heterocycles. The number of amides is 2. The van der Waals surface area contributed by atoms with Gasteiger partial charge in [0.05, 0.1) is 20.4 Å². The lowest BCUT2D eigenvalue weighted by Gasteiger charge is -2.15. The molecule has 1 saturated heterocycles. The summed E-state index contributed by atoms with van der Waals surface area (Å²) in [4.78, 5) is 23.1. The fraction of sp³-hybridized carbons (Fsp3) is 0.600. The fourth-order valence-corrected chi connectivity index (χ4v) is 2.84. The maximum Gasteiger partial charge on any atom is 0.223 e. The first-order valence-corrected chi connectivity index (χ1v) is 12.2. The van der Waals surface area contributed by atoms with Crippen LogP contribution in [0.1, 0.15) is 72.3 Å². The number of nitrogens with one attached hydrogen (secondary N) is 2. The number of benzene rings is 1. The van der Waals surface area contributed by atoms with Crippen LogP contribution in [0.4, 0.5) is 0 Å². The molecule has 0 radical (unpaired) electrons. The van der Waals surface area contributed by atoms with E-state index in [-0.39, 0.29) is 11.8 Å². The first-order chi connectivity index (χ1) is 16.0. The molecular weight excluding hydrogens is 438 g/mol. The summed E-state index contributed by atoms with van der Waals surface area (Å²) in [5.41, 5.74) is 2.07. The van der Waals surface area contributed by atoms with Crippen molar-refractivity contribution in [2.75, 3.05) is 34.0 Å². The Bertz CT molecular complexity index is 684. The van der Waals surface area contributed by atoms with E-state index in [0.717, 1.165) is 42.1 Å². The molecule has 2 rings (SSSR count). The minimum absolute atomic E-state index is 0.208. The zero-order valence-electron chi connectivity index (χ0n) is 21.7. The van der Waals surface area contributed by atoms with Crippen molar-refractivity contribution in [2.45, 2.75) is 66.7 Å². The van der Waals surface area contributed by atoms with Crippen molar-refractivity contribution in [3.05, 3.63) is 34.9 Å². The number of carbonyl (C=O) groups is 2. The quantitative estimate of drug-likeness (QED) is 0.190. The van der Waals surface area contributed by atoms with Crippen molar-refractivity contribution in [2.24, 2.45) is 0 Å². The van der Waals surface area contributed by atoms with Crippen molar-refractivity contribution < 1.29 is 19.1 Å². The maximum atomic E-state index is 11.6. The molecule has 1 aromatic carbocycles. The topological polar surface area (TPSA) is 79.9 Å². The zero-order valence-corrected chi connectivity index (χ0v) is 22.6. The predicted octanol–water partition coefficient (Wildman–Crippen LogP) is 4.94. The Morgan fingerprint density at radius 1 is 1.24 bits per heavy atom. The van der Waals surface area contributed by atoms with Crippen molar-refractivity contribution in [3.63, 3.8) is 0 Å². The molecule has 0 aromatic heterocycles. The Hall–Kier alpha value is -2.35. The van der Waals surface area contributed by atoms with E-state index < -0.39 is 0 Å². The molecule has 1 unspecified atom stereocenters. The number of allylic oxidation sites excluding steroid dienone is 1. The summed E-state index contributed by atoms with van der Waals surface area (Å²) in [6, 6.07) is 5.98. The van der Waals surface area contributed by atoms with Gasteiger partial charge in [0.2, 0.25) is 12.3 Å². The van der Waals surface area contributed by atoms with E-state index in [2.05, 4.69) is 30.2 Å². The van der Waals surface area contributed by atoms with E-state index in [1.807, 2.05) is 59.9 Å². The van der Waals surface area contributed by atoms with Gasteiger partial charge in [-0.05, 0) is 36.4 Å². The number of unbranched alkanes of at least 4 members (excludes halogenated alkanes) is 1. The summed E-state index contributed by atoms with van der Waals surface area (Å²) in [6.45, 7) is 13.9. The van der Waals surface area contributed by atoms with Crippen LogP contribution in [0.15, 0.2) is 29.3 Å². The maximum absolute atomic E-state index is 11.6. The van der Waals surface area contributed by atoms with Gasteiger partial charge >= 0.3 is 0 Å². The van der Waals surface area contributed by atoms with Crippen LogP contribution < -0.4 is 20.1 Å². The van der Waals surface area contributed by atoms with Crippen LogP contribution in [-0.4, -0.2) is 51.2 Å². The van der Waals surface area contributed by atoms with Crippen molar-refractivity contribution in [1.82, 2.24) is 15.5 Å². The first kappa shape index (κ1) is 32.8. The number of hydrogen-bond acceptors (Lipinski definition) is 6. The molecule has 0 spiro atoms. The summed E-state index contributed by atoms with van der Waals surface area (Å²) < 4.78 is 11.1. The van der Waals surface area contributed by atoms with Crippen molar-refractivity contribution in [1.29, 1.82) is 0 Å². The second kappa shape index (κ2) is 21.5. The Kier molecular flexibility index (Phi) is 21.4. The molecule has 1 heterocycles. The van der Waals surface area contributed by atoms with Gasteiger partial charge in [0, 0.05) is 31.6 Å². The predicted molar refractivity (Wildman–Crippen MR) is 141 cm³/mol. The highest BCUT2D eigenvalue weighted by atomic mass is 32.1. The number of carbonyl (C=O) groups excluding carboxylic acids is 2. The molecular formula is C25H45N3O4S. The minimum atomic E-state index is 0.208. The normalized spacial score (nSPS) is 14.5. The summed E-state index contributed by atoms with van der Waals surface area (Å²) >= 11 is 3.88. The van der Waals surface area contributed by atoms with Gasteiger partial charge in [-0.1, -0.05) is 47.1 Å². The average Bonchev–Trinajstić information content (AvgIpc) is 3.20. The molecule has 0 bridgehead atoms. The first-order valence-electron chi connectivity index (χ1n) is 11.7. The van der Waals surface area contributed by atoms with Gasteiger partial charge in [-0.2, -0.15) is 0 Å². The molecule has 0 saturated carbocycles. The zero-order chi connectivity index (χ0) is 25.6. The van der Waals surface area contributed by atoms with E-state index >= 15 is 0 Å². The van der Waals surface area contributed by atoms with E-state index in [0.29, 0.717) is 26.1 Å². The van der Waals surface area contributed by atoms with Gasteiger partial charge in [0.15, 0.2) is 11.5 Å². The number of ether oxygens (including phenoxy) is 2. The number of methoxy groups -OCH3 is 1. The summed E-state index contributed by atoms with van der Waals surface area (Å²) in [6.07, 6.45) is 3.35. The van der Waals surface area contributed by atoms with Crippen LogP contribution in [0.5, 0.6) is 11.5 Å². The SMILES string of the molecule is C/C(=C/S)NCNC=O.CC.CC.CCCCOc1cc(C2CC(=O)N(C)C2)ccc1OC. The van der Waals surface area contributed by atoms with E-state index in [4.69, 9.17) is 9.47 Å². The van der Waals surface area contributed by atoms with Crippen molar-refractivity contribution >= 4 is 24.9 Å². The Morgan fingerprint density at radius 3 is 2.39 bits per heavy atom. The molecule has 1 aromatic rings. The molecule has 2 amide bonds. The Labute approximate surface area is 206 Å². The molecule has 7 nitrogen and oxygen atoms in total. The van der Waals surface area contributed by atoms with Crippen LogP contribution in [0, 0.1) is 0 Å². The standard InChI is InChI=1S/C16H23NO3.C5H10N2OS.2C2H6/c1-4-5-8-20-15-9-12(6-7-14(15)19-3)13-10-16(18)17(2)11-13;1-5(2-9)7-3-6-4-8;2*1-2/h6-7,9,13H,4-5,8,10-11H2,1-3H3;2,4,7,9H,3H2,1H3,(H,6,8);2*1-2H3/b;5-2-;;. The lowest BCUT2D eigenvalue weighted by Crippen LogP contribution is -2.26. The lowest BCUT2D eigenvalue weighted by atomic mass is 9.98. The molecule has 8 heteroatoms. The second-order valence-electron chi connectivity index (χ2n) is 6.78. The van der Waals surface area contributed by atoms with Crippen LogP contribution in [0.3, 0.4) is 0 Å². The minimum Gasteiger partial charge on any atom is -0.493 e. The third kappa shape index (κ3) is 13.7. The van der Waals surface area contributed by atoms with E-state index in [9.17, 15) is 9.59 Å². The smallest absolute Gasteiger partial charge is 0.223 e. The van der Waals surface area contributed by atoms with Crippen LogP contribution in [-0.2, 0) is 9.59 Å². The second-order valence-corrected chi connectivity index (χ2v) is 7.03. The Morgan fingerprint density at radius 2 is 1.91 bits per heavy atom. The monoisotopic (exact) mass is 483 g/mol. The van der Waals surface area contributed by atoms with Gasteiger partial charge in [0.1, 0.15) is 0 Å². The summed E-state index contributed by atoms with van der Waals surface area (Å²) in [7, 11) is 3.50. The fourth-order valence-electron chi connectivity index (χ4n) is 2.75. The van der Waals surface area contributed by atoms with Gasteiger partial charge in [-0.15, -0.1) is 12.6 Å². The number of rotatable bonds is 10. The summed E-state index contributed by atoms with van der Waals surface area (Å²) in [5.74, 6) is 1.99. The molecule has 1 aliphatic rings. The van der Waals surface area contributed by atoms with E-state index in [1.165, 1.54) is 0 Å². The highest BCUT2D eigenvalue weighted by Gasteiger charge is 2.28. The van der Waals surface area contributed by atoms with Crippen LogP contribution in [0.2, 0.25) is 0 Å². The van der Waals surface area contributed by atoms with Crippen LogP contribution in [0.25, 0.3) is 0 Å². The Balaban J connectivity index is 0. The lowest BCUT2D eigenvalue weighted by molar-refractivity contribution is -0.126. The van der Waals surface area contributed by atoms with Gasteiger partial charge < -0.3 is 25.0 Å². The summed E-state index contributed by atoms with van der Waals surface area (Å²) in [5, 5.41) is 6.95. The number of nitrogens with zero attached hydrogens (tertiary/aromatic N) is 1. The molecule has 2 N–H and O–H groups in total. The largest absolute Gasteiger partial charge is 0.493 e. The third-order valence-corrected chi connectivity index (χ3v) is 4.89. The average molecular weight is 484 g/mol. The van der Waals surface area contributed by atoms with Gasteiger partial charge in [-0.25, -0.2) is 0 Å². The number of thiol groups is 1. The molecule has 190 valence electrons. The van der Waals surface area contributed by atoms with Crippen molar-refractivity contribution in [3.8, 4) is 11.5 Å². The molecule has 1 atom stereocenters. The highest BCUT2D eigenvalue weighted by Crippen LogP contribution is 2.34. The number of likely N-dealkylation sites (N-methyl/N-ethyl adjacent to an activating group) is 1. The number of likely N-dealkylation sites (tertiary alicyclic amines) is 1. The molecule has 33 heavy (non-hydrogen) atoms. The number of hydrogen-bond donors (Lipinski definition) is 3. The molecule has 1 fully saturated rings. The van der Waals surface area contributed by atoms with E-state index in [1.54, 1.807) is 17.4 Å².